The second kappa shape index (κ2) is 19.2. The van der Waals surface area contributed by atoms with Crippen molar-refractivity contribution in [3.05, 3.63) is 71.6 Å². The van der Waals surface area contributed by atoms with Crippen molar-refractivity contribution >= 4 is 28.3 Å². The number of nitrogens with zero attached hydrogens (tertiary/aromatic N) is 7. The van der Waals surface area contributed by atoms with E-state index in [0.717, 1.165) is 71.9 Å². The SMILES string of the molecule is CN(C)C1(C)c2cc(-c3cnc([C@@H]4CCCN4C(=O)OC(C)(C)C)n3COCC[Si](C)(C)C)ccc2-c2ccc(-c3cnc([C@@H]4CCCN4C(=O)OC(C)(C)C)n3COCC[Si](C)(C)C)cc21. The van der Waals surface area contributed by atoms with Gasteiger partial charge in [-0.25, -0.2) is 19.6 Å². The van der Waals surface area contributed by atoms with Gasteiger partial charge in [-0.05, 0) is 135 Å². The van der Waals surface area contributed by atoms with Crippen LogP contribution in [0.5, 0.6) is 0 Å². The van der Waals surface area contributed by atoms with Crippen molar-refractivity contribution in [2.75, 3.05) is 40.4 Å². The van der Waals surface area contributed by atoms with Gasteiger partial charge in [-0.15, -0.1) is 0 Å². The Balaban J connectivity index is 1.26. The Morgan fingerprint density at radius 3 is 1.40 bits per heavy atom. The topological polar surface area (TPSA) is 116 Å². The van der Waals surface area contributed by atoms with Gasteiger partial charge in [0, 0.05) is 53.6 Å². The minimum absolute atomic E-state index is 0.220. The molecule has 2 saturated heterocycles. The van der Waals surface area contributed by atoms with E-state index in [4.69, 9.17) is 28.9 Å². The number of hydrogen-bond acceptors (Lipinski definition) is 9. The van der Waals surface area contributed by atoms with E-state index in [0.29, 0.717) is 39.8 Å². The van der Waals surface area contributed by atoms with Crippen LogP contribution in [0.2, 0.25) is 51.4 Å². The third-order valence-electron chi connectivity index (χ3n) is 13.4. The van der Waals surface area contributed by atoms with Crippen LogP contribution < -0.4 is 0 Å². The van der Waals surface area contributed by atoms with Crippen LogP contribution in [0.4, 0.5) is 9.59 Å². The molecule has 13 nitrogen and oxygen atoms in total. The van der Waals surface area contributed by atoms with Crippen LogP contribution in [-0.4, -0.2) is 114 Å². The number of fused-ring (bicyclic) bond motifs is 3. The molecule has 2 aromatic carbocycles. The minimum atomic E-state index is -1.33. The first-order valence-electron chi connectivity index (χ1n) is 24.5. The number of imidazole rings is 2. The van der Waals surface area contributed by atoms with E-state index in [1.165, 1.54) is 22.3 Å². The standard InChI is InChI=1S/C52H79N7O6Si2/c1-50(2,3)64-48(60)56-24-16-18-42(56)46-53-32-44(58(46)34-62-26-28-66(10,11)12)36-20-22-38-39-23-21-37(31-41(39)52(7,55(8)9)40(38)30-36)45-33-54-47(59(45)35-63-27-29-67(13,14)15)43-19-17-25-57(43)49(61)65-51(4,5)6/h20-23,30-33,42-43H,16-19,24-29,34-35H2,1-15H3/t42-,43-/m0/s1. The Bertz CT molecular complexity index is 2260. The highest BCUT2D eigenvalue weighted by Gasteiger charge is 2.43. The maximum atomic E-state index is 13.5. The van der Waals surface area contributed by atoms with Gasteiger partial charge in [0.25, 0.3) is 0 Å². The molecule has 1 aliphatic carbocycles. The summed E-state index contributed by atoms with van der Waals surface area (Å²) in [6.45, 7) is 31.2. The van der Waals surface area contributed by atoms with Crippen LogP contribution in [0, 0.1) is 0 Å². The van der Waals surface area contributed by atoms with Crippen molar-refractivity contribution in [2.24, 2.45) is 0 Å². The summed E-state index contributed by atoms with van der Waals surface area (Å²) in [7, 11) is 1.64. The highest BCUT2D eigenvalue weighted by atomic mass is 28.3. The lowest BCUT2D eigenvalue weighted by Crippen LogP contribution is -2.38. The predicted molar refractivity (Wildman–Crippen MR) is 273 cm³/mol. The molecule has 67 heavy (non-hydrogen) atoms. The molecule has 4 aromatic rings. The molecule has 2 atom stereocenters. The van der Waals surface area contributed by atoms with Gasteiger partial charge < -0.3 is 28.1 Å². The van der Waals surface area contributed by atoms with E-state index < -0.39 is 32.9 Å². The summed E-state index contributed by atoms with van der Waals surface area (Å²) in [6, 6.07) is 15.2. The maximum absolute atomic E-state index is 13.5. The Morgan fingerprint density at radius 2 is 1.06 bits per heavy atom. The van der Waals surface area contributed by atoms with Crippen molar-refractivity contribution in [1.29, 1.82) is 0 Å². The van der Waals surface area contributed by atoms with Gasteiger partial charge in [-0.1, -0.05) is 63.5 Å². The summed E-state index contributed by atoms with van der Waals surface area (Å²) in [6.07, 6.45) is 6.66. The van der Waals surface area contributed by atoms with Gasteiger partial charge in [0.1, 0.15) is 36.3 Å². The number of aromatic nitrogens is 4. The average molecular weight is 954 g/mol. The number of hydrogen-bond donors (Lipinski definition) is 0. The van der Waals surface area contributed by atoms with E-state index in [2.05, 4.69) is 111 Å². The van der Waals surface area contributed by atoms with Crippen LogP contribution in [0.1, 0.15) is 109 Å². The number of ether oxygens (including phenoxy) is 4. The molecule has 2 aliphatic heterocycles. The molecule has 2 amide bonds. The lowest BCUT2D eigenvalue weighted by molar-refractivity contribution is 0.0195. The zero-order chi connectivity index (χ0) is 48.9. The normalized spacial score (nSPS) is 18.5. The Hall–Kier alpha value is -4.29. The van der Waals surface area contributed by atoms with Crippen molar-refractivity contribution in [1.82, 2.24) is 33.8 Å². The molecule has 2 fully saturated rings. The molecule has 4 heterocycles. The second-order valence-corrected chi connectivity index (χ2v) is 34.9. The van der Waals surface area contributed by atoms with Crippen molar-refractivity contribution in [3.8, 4) is 33.6 Å². The minimum Gasteiger partial charge on any atom is -0.444 e. The van der Waals surface area contributed by atoms with Crippen LogP contribution in [0.3, 0.4) is 0 Å². The molecule has 2 aromatic heterocycles. The van der Waals surface area contributed by atoms with Crippen molar-refractivity contribution in [3.63, 3.8) is 0 Å². The molecule has 7 rings (SSSR count). The number of rotatable bonds is 15. The van der Waals surface area contributed by atoms with E-state index in [1.807, 2.05) is 63.7 Å². The monoisotopic (exact) mass is 954 g/mol. The van der Waals surface area contributed by atoms with E-state index >= 15 is 0 Å². The molecule has 0 saturated carbocycles. The first-order chi connectivity index (χ1) is 31.3. The van der Waals surface area contributed by atoms with Crippen LogP contribution in [0.15, 0.2) is 48.8 Å². The molecule has 15 heteroatoms. The number of benzene rings is 2. The summed E-state index contributed by atoms with van der Waals surface area (Å²) in [5.74, 6) is 1.64. The lowest BCUT2D eigenvalue weighted by atomic mass is 9.86. The Labute approximate surface area is 402 Å². The van der Waals surface area contributed by atoms with Gasteiger partial charge in [0.2, 0.25) is 0 Å². The number of likely N-dealkylation sites (tertiary alicyclic amines) is 2. The maximum Gasteiger partial charge on any atom is 0.410 e. The first-order valence-corrected chi connectivity index (χ1v) is 31.9. The molecule has 0 N–H and O–H groups in total. The van der Waals surface area contributed by atoms with Gasteiger partial charge in [0.15, 0.2) is 0 Å². The fraction of sp³-hybridized carbons (Fsp3) is 0.615. The average Bonchev–Trinajstić information content (AvgIpc) is 4.06. The lowest BCUT2D eigenvalue weighted by Gasteiger charge is -2.35. The number of carbonyl (C=O) groups excluding carboxylic acids is 2. The Kier molecular flexibility index (Phi) is 14.5. The molecule has 0 radical (unpaired) electrons. The first kappa shape index (κ1) is 50.6. The zero-order valence-electron chi connectivity index (χ0n) is 43.3. The summed E-state index contributed by atoms with van der Waals surface area (Å²) >= 11 is 0. The quantitative estimate of drug-likeness (QED) is 0.0848. The van der Waals surface area contributed by atoms with Crippen LogP contribution in [-0.2, 0) is 37.9 Å². The molecule has 0 spiro atoms. The van der Waals surface area contributed by atoms with Crippen LogP contribution in [0.25, 0.3) is 33.6 Å². The largest absolute Gasteiger partial charge is 0.444 e. The van der Waals surface area contributed by atoms with Crippen molar-refractivity contribution < 1.29 is 28.5 Å². The highest BCUT2D eigenvalue weighted by molar-refractivity contribution is 6.76. The van der Waals surface area contributed by atoms with Gasteiger partial charge in [-0.3, -0.25) is 14.7 Å². The van der Waals surface area contributed by atoms with Gasteiger partial charge >= 0.3 is 12.2 Å². The second-order valence-electron chi connectivity index (χ2n) is 23.7. The summed E-state index contributed by atoms with van der Waals surface area (Å²) in [4.78, 5) is 43.2. The molecular formula is C52H79N7O6Si2. The number of amides is 2. The molecule has 0 bridgehead atoms. The smallest absolute Gasteiger partial charge is 0.410 e. The van der Waals surface area contributed by atoms with Gasteiger partial charge in [0.05, 0.1) is 41.4 Å². The summed E-state index contributed by atoms with van der Waals surface area (Å²) < 4.78 is 29.1. The fourth-order valence-electron chi connectivity index (χ4n) is 9.57. The Morgan fingerprint density at radius 1 is 0.672 bits per heavy atom. The van der Waals surface area contributed by atoms with Gasteiger partial charge in [-0.2, -0.15) is 0 Å². The third-order valence-corrected chi connectivity index (χ3v) is 16.8. The van der Waals surface area contributed by atoms with E-state index in [1.54, 1.807) is 0 Å². The van der Waals surface area contributed by atoms with E-state index in [-0.39, 0.29) is 24.3 Å². The molecule has 3 aliphatic rings. The number of carbonyl (C=O) groups is 2. The third kappa shape index (κ3) is 11.3. The highest BCUT2D eigenvalue weighted by Crippen LogP contribution is 2.52. The molecular weight excluding hydrogens is 875 g/mol. The van der Waals surface area contributed by atoms with Crippen molar-refractivity contribution in [2.45, 2.75) is 168 Å². The summed E-state index contributed by atoms with van der Waals surface area (Å²) in [5, 5.41) is 0. The van der Waals surface area contributed by atoms with E-state index in [9.17, 15) is 9.59 Å². The summed E-state index contributed by atoms with van der Waals surface area (Å²) in [5.41, 5.74) is 7.09. The fourth-order valence-corrected chi connectivity index (χ4v) is 11.1. The zero-order valence-corrected chi connectivity index (χ0v) is 45.3. The molecule has 0 unspecified atom stereocenters. The van der Waals surface area contributed by atoms with Crippen LogP contribution >= 0.6 is 0 Å². The molecule has 366 valence electrons. The predicted octanol–water partition coefficient (Wildman–Crippen LogP) is 12.0.